The van der Waals surface area contributed by atoms with Crippen LogP contribution in [0.1, 0.15) is 50.5 Å². The third-order valence-electron chi connectivity index (χ3n) is 3.49. The predicted octanol–water partition coefficient (Wildman–Crippen LogP) is 2.22. The van der Waals surface area contributed by atoms with Gasteiger partial charge >= 0.3 is 0 Å². The molecule has 0 unspecified atom stereocenters. The maximum atomic E-state index is 12.1. The molecule has 1 heterocycles. The van der Waals surface area contributed by atoms with Crippen molar-refractivity contribution in [2.45, 2.75) is 45.6 Å². The number of rotatable bonds is 6. The summed E-state index contributed by atoms with van der Waals surface area (Å²) in [4.78, 5) is 12.1. The summed E-state index contributed by atoms with van der Waals surface area (Å²) in [6, 6.07) is 3.50. The molecule has 2 N–H and O–H groups in total. The molecule has 1 amide bonds. The Hall–Kier alpha value is -1.65. The number of nitrogens with one attached hydrogen (secondary N) is 2. The molecular weight excluding hydrogens is 240 g/mol. The largest absolute Gasteiger partial charge is 0.369 e. The van der Waals surface area contributed by atoms with Gasteiger partial charge < -0.3 is 10.6 Å². The fourth-order valence-corrected chi connectivity index (χ4v) is 2.06. The Balaban J connectivity index is 1.95. The van der Waals surface area contributed by atoms with Crippen LogP contribution >= 0.6 is 0 Å². The van der Waals surface area contributed by atoms with Gasteiger partial charge in [-0.3, -0.25) is 4.79 Å². The first-order valence-corrected chi connectivity index (χ1v) is 6.93. The van der Waals surface area contributed by atoms with Gasteiger partial charge in [-0.25, -0.2) is 0 Å². The van der Waals surface area contributed by atoms with Gasteiger partial charge in [0.1, 0.15) is 5.82 Å². The zero-order chi connectivity index (χ0) is 13.9. The maximum Gasteiger partial charge on any atom is 0.272 e. The standard InChI is InChI=1S/C14H22N4O/c1-4-9-15-12-8-7-11(17-18-12)13(19)16-14(2,3)10-5-6-10/h7-8,10H,4-6,9H2,1-3H3,(H,15,18)(H,16,19). The zero-order valence-electron chi connectivity index (χ0n) is 11.9. The van der Waals surface area contributed by atoms with E-state index in [1.165, 1.54) is 12.8 Å². The van der Waals surface area contributed by atoms with Crippen molar-refractivity contribution in [2.75, 3.05) is 11.9 Å². The molecule has 0 saturated heterocycles. The SMILES string of the molecule is CCCNc1ccc(C(=O)NC(C)(C)C2CC2)nn1. The lowest BCUT2D eigenvalue weighted by Gasteiger charge is -2.25. The van der Waals surface area contributed by atoms with E-state index in [0.29, 0.717) is 17.4 Å². The van der Waals surface area contributed by atoms with E-state index in [-0.39, 0.29) is 11.4 Å². The molecular formula is C14H22N4O. The predicted molar refractivity (Wildman–Crippen MR) is 75.1 cm³/mol. The molecule has 0 aromatic carbocycles. The van der Waals surface area contributed by atoms with Gasteiger partial charge in [0.2, 0.25) is 0 Å². The van der Waals surface area contributed by atoms with E-state index in [2.05, 4.69) is 41.6 Å². The van der Waals surface area contributed by atoms with Crippen LogP contribution in [0.5, 0.6) is 0 Å². The first-order chi connectivity index (χ1) is 9.03. The Morgan fingerprint density at radius 3 is 2.63 bits per heavy atom. The van der Waals surface area contributed by atoms with Gasteiger partial charge in [-0.05, 0) is 51.2 Å². The van der Waals surface area contributed by atoms with Crippen LogP contribution in [-0.2, 0) is 0 Å². The Bertz CT molecular complexity index is 437. The lowest BCUT2D eigenvalue weighted by Crippen LogP contribution is -2.45. The van der Waals surface area contributed by atoms with E-state index in [1.807, 2.05) is 0 Å². The fraction of sp³-hybridized carbons (Fsp3) is 0.643. The second-order valence-corrected chi connectivity index (χ2v) is 5.68. The Morgan fingerprint density at radius 2 is 2.11 bits per heavy atom. The summed E-state index contributed by atoms with van der Waals surface area (Å²) in [5.41, 5.74) is 0.216. The van der Waals surface area contributed by atoms with Crippen LogP contribution in [0, 0.1) is 5.92 Å². The minimum absolute atomic E-state index is 0.147. The van der Waals surface area contributed by atoms with Crippen LogP contribution in [0.4, 0.5) is 5.82 Å². The molecule has 0 spiro atoms. The number of amides is 1. The minimum Gasteiger partial charge on any atom is -0.369 e. The highest BCUT2D eigenvalue weighted by atomic mass is 16.2. The molecule has 0 radical (unpaired) electrons. The number of hydrogen-bond donors (Lipinski definition) is 2. The summed E-state index contributed by atoms with van der Waals surface area (Å²) in [7, 11) is 0. The second-order valence-electron chi connectivity index (χ2n) is 5.68. The van der Waals surface area contributed by atoms with Crippen molar-refractivity contribution < 1.29 is 4.79 Å². The number of anilines is 1. The van der Waals surface area contributed by atoms with Crippen molar-refractivity contribution in [3.8, 4) is 0 Å². The van der Waals surface area contributed by atoms with E-state index in [0.717, 1.165) is 13.0 Å². The van der Waals surface area contributed by atoms with Crippen molar-refractivity contribution in [2.24, 2.45) is 5.92 Å². The normalized spacial score (nSPS) is 15.1. The Kier molecular flexibility index (Phi) is 4.02. The van der Waals surface area contributed by atoms with Gasteiger partial charge in [0, 0.05) is 12.1 Å². The first kappa shape index (κ1) is 13.8. The summed E-state index contributed by atoms with van der Waals surface area (Å²) in [6.07, 6.45) is 3.41. The van der Waals surface area contributed by atoms with Gasteiger partial charge in [0.05, 0.1) is 0 Å². The van der Waals surface area contributed by atoms with Gasteiger partial charge in [-0.1, -0.05) is 6.92 Å². The molecule has 5 heteroatoms. The van der Waals surface area contributed by atoms with Gasteiger partial charge in [0.25, 0.3) is 5.91 Å². The van der Waals surface area contributed by atoms with Gasteiger partial charge in [-0.15, -0.1) is 10.2 Å². The highest BCUT2D eigenvalue weighted by molar-refractivity contribution is 5.92. The average molecular weight is 262 g/mol. The summed E-state index contributed by atoms with van der Waals surface area (Å²) in [5, 5.41) is 14.1. The lowest BCUT2D eigenvalue weighted by atomic mass is 9.98. The van der Waals surface area contributed by atoms with E-state index in [9.17, 15) is 4.79 Å². The molecule has 104 valence electrons. The molecule has 19 heavy (non-hydrogen) atoms. The summed E-state index contributed by atoms with van der Waals surface area (Å²) in [6.45, 7) is 7.07. The maximum absolute atomic E-state index is 12.1. The first-order valence-electron chi connectivity index (χ1n) is 6.93. The van der Waals surface area contributed by atoms with Crippen molar-refractivity contribution in [3.05, 3.63) is 17.8 Å². The van der Waals surface area contributed by atoms with Crippen LogP contribution < -0.4 is 10.6 Å². The van der Waals surface area contributed by atoms with Crippen molar-refractivity contribution >= 4 is 11.7 Å². The molecule has 1 aliphatic carbocycles. The van der Waals surface area contributed by atoms with Crippen LogP contribution in [-0.4, -0.2) is 28.2 Å². The number of hydrogen-bond acceptors (Lipinski definition) is 4. The highest BCUT2D eigenvalue weighted by Gasteiger charge is 2.39. The zero-order valence-corrected chi connectivity index (χ0v) is 11.9. The van der Waals surface area contributed by atoms with Crippen molar-refractivity contribution in [1.82, 2.24) is 15.5 Å². The topological polar surface area (TPSA) is 66.9 Å². The Morgan fingerprint density at radius 1 is 1.37 bits per heavy atom. The molecule has 5 nitrogen and oxygen atoms in total. The smallest absolute Gasteiger partial charge is 0.272 e. The molecule has 0 atom stereocenters. The van der Waals surface area contributed by atoms with Crippen LogP contribution in [0.2, 0.25) is 0 Å². The fourth-order valence-electron chi connectivity index (χ4n) is 2.06. The monoisotopic (exact) mass is 262 g/mol. The number of aromatic nitrogens is 2. The van der Waals surface area contributed by atoms with E-state index >= 15 is 0 Å². The summed E-state index contributed by atoms with van der Waals surface area (Å²) >= 11 is 0. The summed E-state index contributed by atoms with van der Waals surface area (Å²) in [5.74, 6) is 1.15. The lowest BCUT2D eigenvalue weighted by molar-refractivity contribution is 0.0897. The van der Waals surface area contributed by atoms with E-state index in [4.69, 9.17) is 0 Å². The van der Waals surface area contributed by atoms with Crippen LogP contribution in [0.15, 0.2) is 12.1 Å². The summed E-state index contributed by atoms with van der Waals surface area (Å²) < 4.78 is 0. The average Bonchev–Trinajstić information content (AvgIpc) is 3.21. The van der Waals surface area contributed by atoms with Crippen LogP contribution in [0.25, 0.3) is 0 Å². The molecule has 1 aromatic heterocycles. The molecule has 2 rings (SSSR count). The quantitative estimate of drug-likeness (QED) is 0.825. The second kappa shape index (κ2) is 5.55. The highest BCUT2D eigenvalue weighted by Crippen LogP contribution is 2.39. The third-order valence-corrected chi connectivity index (χ3v) is 3.49. The molecule has 0 bridgehead atoms. The molecule has 1 aromatic rings. The minimum atomic E-state index is -0.155. The molecule has 1 fully saturated rings. The molecule has 1 saturated carbocycles. The number of carbonyl (C=O) groups is 1. The van der Waals surface area contributed by atoms with Crippen LogP contribution in [0.3, 0.4) is 0 Å². The molecule has 0 aliphatic heterocycles. The van der Waals surface area contributed by atoms with E-state index in [1.54, 1.807) is 12.1 Å². The number of carbonyl (C=O) groups excluding carboxylic acids is 1. The molecule has 1 aliphatic rings. The van der Waals surface area contributed by atoms with Gasteiger partial charge in [-0.2, -0.15) is 0 Å². The Labute approximate surface area is 114 Å². The van der Waals surface area contributed by atoms with Gasteiger partial charge in [0.15, 0.2) is 5.69 Å². The van der Waals surface area contributed by atoms with Crippen molar-refractivity contribution in [3.63, 3.8) is 0 Å². The third kappa shape index (κ3) is 3.66. The van der Waals surface area contributed by atoms with E-state index < -0.39 is 0 Å². The van der Waals surface area contributed by atoms with Crippen molar-refractivity contribution in [1.29, 1.82) is 0 Å². The number of nitrogens with zero attached hydrogens (tertiary/aromatic N) is 2.